The first-order valence-electron chi connectivity index (χ1n) is 6.29. The Labute approximate surface area is 124 Å². The summed E-state index contributed by atoms with van der Waals surface area (Å²) in [7, 11) is 1.60. The van der Waals surface area contributed by atoms with Crippen molar-refractivity contribution in [2.24, 2.45) is 11.7 Å². The lowest BCUT2D eigenvalue weighted by Gasteiger charge is -2.34. The van der Waals surface area contributed by atoms with Gasteiger partial charge in [-0.3, -0.25) is 4.79 Å². The summed E-state index contributed by atoms with van der Waals surface area (Å²) in [4.78, 5) is 15.0. The number of piperidine rings is 1. The van der Waals surface area contributed by atoms with E-state index < -0.39 is 0 Å². The number of halogens is 1. The van der Waals surface area contributed by atoms with Gasteiger partial charge in [-0.2, -0.15) is 0 Å². The van der Waals surface area contributed by atoms with Crippen molar-refractivity contribution in [2.75, 3.05) is 20.2 Å². The molecule has 1 aliphatic rings. The van der Waals surface area contributed by atoms with Gasteiger partial charge >= 0.3 is 0 Å². The van der Waals surface area contributed by atoms with Gasteiger partial charge in [-0.05, 0) is 37.1 Å². The molecular weight excluding hydrogens is 284 g/mol. The summed E-state index contributed by atoms with van der Waals surface area (Å²) in [5.41, 5.74) is 5.94. The Hall–Kier alpha value is -0.780. The van der Waals surface area contributed by atoms with Crippen molar-refractivity contribution in [1.82, 2.24) is 4.90 Å². The molecule has 0 spiro atoms. The number of thiophene rings is 1. The molecule has 1 saturated heterocycles. The van der Waals surface area contributed by atoms with Gasteiger partial charge in [0.15, 0.2) is 0 Å². The third kappa shape index (κ3) is 3.61. The van der Waals surface area contributed by atoms with E-state index >= 15 is 0 Å². The van der Waals surface area contributed by atoms with Gasteiger partial charge in [0.25, 0.3) is 5.91 Å². The van der Waals surface area contributed by atoms with Crippen LogP contribution >= 0.6 is 23.7 Å². The molecule has 0 radical (unpaired) electrons. The third-order valence-corrected chi connectivity index (χ3v) is 4.42. The van der Waals surface area contributed by atoms with Crippen LogP contribution in [0.1, 0.15) is 29.4 Å². The van der Waals surface area contributed by atoms with Crippen LogP contribution < -0.4 is 10.5 Å². The highest BCUT2D eigenvalue weighted by Gasteiger charge is 2.28. The number of carbonyl (C=O) groups excluding carboxylic acids is 1. The Kier molecular flexibility index (Phi) is 6.10. The van der Waals surface area contributed by atoms with Crippen LogP contribution in [0.4, 0.5) is 0 Å². The fourth-order valence-electron chi connectivity index (χ4n) is 2.38. The van der Waals surface area contributed by atoms with Crippen molar-refractivity contribution in [2.45, 2.75) is 25.8 Å². The van der Waals surface area contributed by atoms with Gasteiger partial charge in [-0.15, -0.1) is 23.7 Å². The lowest BCUT2D eigenvalue weighted by Crippen LogP contribution is -2.44. The van der Waals surface area contributed by atoms with Gasteiger partial charge in [0, 0.05) is 19.1 Å². The first-order valence-corrected chi connectivity index (χ1v) is 7.17. The first-order chi connectivity index (χ1) is 8.63. The number of rotatable bonds is 3. The van der Waals surface area contributed by atoms with Gasteiger partial charge in [0.05, 0.1) is 7.11 Å². The normalized spacial score (nSPS) is 20.6. The molecule has 1 aliphatic heterocycles. The highest BCUT2D eigenvalue weighted by atomic mass is 35.5. The molecular formula is C13H21ClN2O2S. The maximum atomic E-state index is 12.4. The quantitative estimate of drug-likeness (QED) is 0.933. The molecule has 2 N–H and O–H groups in total. The van der Waals surface area contributed by atoms with E-state index in [9.17, 15) is 4.79 Å². The minimum atomic E-state index is 0. The van der Waals surface area contributed by atoms with E-state index in [4.69, 9.17) is 10.5 Å². The zero-order chi connectivity index (χ0) is 13.1. The molecule has 1 fully saturated rings. The summed E-state index contributed by atoms with van der Waals surface area (Å²) in [6.45, 7) is 3.60. The number of likely N-dealkylation sites (tertiary alicyclic amines) is 1. The molecule has 19 heavy (non-hydrogen) atoms. The van der Waals surface area contributed by atoms with Crippen LogP contribution in [-0.4, -0.2) is 37.0 Å². The standard InChI is InChI=1S/C13H20N2O2S.ClH/c1-9(14)10-4-3-6-15(8-10)13(16)12-11(17-2)5-7-18-12;/h5,7,9-10H,3-4,6,8,14H2,1-2H3;1H. The predicted molar refractivity (Wildman–Crippen MR) is 80.4 cm³/mol. The van der Waals surface area contributed by atoms with Gasteiger partial charge in [-0.25, -0.2) is 0 Å². The molecule has 1 amide bonds. The number of nitrogens with zero attached hydrogens (tertiary/aromatic N) is 1. The molecule has 4 nitrogen and oxygen atoms in total. The second-order valence-corrected chi connectivity index (χ2v) is 5.75. The molecule has 6 heteroatoms. The SMILES string of the molecule is COc1ccsc1C(=O)N1CCCC(C(C)N)C1.Cl. The van der Waals surface area contributed by atoms with E-state index in [1.54, 1.807) is 7.11 Å². The monoisotopic (exact) mass is 304 g/mol. The zero-order valence-corrected chi connectivity index (χ0v) is 12.9. The lowest BCUT2D eigenvalue weighted by atomic mass is 9.92. The van der Waals surface area contributed by atoms with Crippen molar-refractivity contribution in [1.29, 1.82) is 0 Å². The maximum absolute atomic E-state index is 12.4. The van der Waals surface area contributed by atoms with E-state index in [2.05, 4.69) is 0 Å². The molecule has 2 heterocycles. The van der Waals surface area contributed by atoms with Crippen LogP contribution in [-0.2, 0) is 0 Å². The van der Waals surface area contributed by atoms with Crippen molar-refractivity contribution in [3.8, 4) is 5.75 Å². The predicted octanol–water partition coefficient (Wildman–Crippen LogP) is 2.38. The molecule has 0 bridgehead atoms. The van der Waals surface area contributed by atoms with Crippen LogP contribution in [0.3, 0.4) is 0 Å². The van der Waals surface area contributed by atoms with E-state index in [1.165, 1.54) is 11.3 Å². The minimum absolute atomic E-state index is 0. The van der Waals surface area contributed by atoms with Crippen LogP contribution in [0.5, 0.6) is 5.75 Å². The average Bonchev–Trinajstić information content (AvgIpc) is 2.86. The topological polar surface area (TPSA) is 55.6 Å². The summed E-state index contributed by atoms with van der Waals surface area (Å²) < 4.78 is 5.21. The fourth-order valence-corrected chi connectivity index (χ4v) is 3.21. The number of nitrogens with two attached hydrogens (primary N) is 1. The number of carbonyl (C=O) groups is 1. The van der Waals surface area contributed by atoms with Crippen LogP contribution in [0.2, 0.25) is 0 Å². The second-order valence-electron chi connectivity index (χ2n) is 4.83. The Balaban J connectivity index is 0.00000180. The van der Waals surface area contributed by atoms with E-state index in [-0.39, 0.29) is 24.4 Å². The summed E-state index contributed by atoms with van der Waals surface area (Å²) >= 11 is 1.44. The highest BCUT2D eigenvalue weighted by Crippen LogP contribution is 2.28. The molecule has 2 atom stereocenters. The fraction of sp³-hybridized carbons (Fsp3) is 0.615. The van der Waals surface area contributed by atoms with Crippen LogP contribution in [0, 0.1) is 5.92 Å². The second kappa shape index (κ2) is 7.12. The lowest BCUT2D eigenvalue weighted by molar-refractivity contribution is 0.0663. The Bertz CT molecular complexity index is 423. The number of hydrogen-bond acceptors (Lipinski definition) is 4. The summed E-state index contributed by atoms with van der Waals surface area (Å²) in [6.07, 6.45) is 2.15. The highest BCUT2D eigenvalue weighted by molar-refractivity contribution is 7.12. The molecule has 1 aromatic rings. The van der Waals surface area contributed by atoms with E-state index in [1.807, 2.05) is 23.3 Å². The first kappa shape index (κ1) is 16.3. The zero-order valence-electron chi connectivity index (χ0n) is 11.3. The van der Waals surface area contributed by atoms with E-state index in [0.717, 1.165) is 25.9 Å². The number of hydrogen-bond donors (Lipinski definition) is 1. The Morgan fingerprint density at radius 3 is 3.00 bits per heavy atom. The van der Waals surface area contributed by atoms with Crippen LogP contribution in [0.25, 0.3) is 0 Å². The Morgan fingerprint density at radius 1 is 1.63 bits per heavy atom. The molecule has 1 aromatic heterocycles. The number of amides is 1. The molecule has 2 rings (SSSR count). The maximum Gasteiger partial charge on any atom is 0.267 e. The van der Waals surface area contributed by atoms with Crippen molar-refractivity contribution < 1.29 is 9.53 Å². The average molecular weight is 305 g/mol. The smallest absolute Gasteiger partial charge is 0.267 e. The van der Waals surface area contributed by atoms with Gasteiger partial charge in [0.1, 0.15) is 10.6 Å². The number of methoxy groups -OCH3 is 1. The van der Waals surface area contributed by atoms with E-state index in [0.29, 0.717) is 16.5 Å². The third-order valence-electron chi connectivity index (χ3n) is 3.53. The molecule has 108 valence electrons. The van der Waals surface area contributed by atoms with Crippen LogP contribution in [0.15, 0.2) is 11.4 Å². The Morgan fingerprint density at radius 2 is 2.37 bits per heavy atom. The van der Waals surface area contributed by atoms with Gasteiger partial charge in [0.2, 0.25) is 0 Å². The van der Waals surface area contributed by atoms with Crippen molar-refractivity contribution in [3.05, 3.63) is 16.3 Å². The molecule has 0 aromatic carbocycles. The largest absolute Gasteiger partial charge is 0.495 e. The minimum Gasteiger partial charge on any atom is -0.495 e. The van der Waals surface area contributed by atoms with Gasteiger partial charge in [-0.1, -0.05) is 0 Å². The molecule has 0 aliphatic carbocycles. The summed E-state index contributed by atoms with van der Waals surface area (Å²) in [5, 5.41) is 1.89. The summed E-state index contributed by atoms with van der Waals surface area (Å²) in [6, 6.07) is 1.98. The van der Waals surface area contributed by atoms with Crippen molar-refractivity contribution in [3.63, 3.8) is 0 Å². The van der Waals surface area contributed by atoms with Crippen molar-refractivity contribution >= 4 is 29.7 Å². The summed E-state index contributed by atoms with van der Waals surface area (Å²) in [5.74, 6) is 1.16. The molecule has 2 unspecified atom stereocenters. The number of ether oxygens (including phenoxy) is 1. The van der Waals surface area contributed by atoms with Gasteiger partial charge < -0.3 is 15.4 Å². The molecule has 0 saturated carbocycles.